The van der Waals surface area contributed by atoms with Gasteiger partial charge >= 0.3 is 0 Å². The van der Waals surface area contributed by atoms with Crippen LogP contribution in [0.4, 0.5) is 15.8 Å². The van der Waals surface area contributed by atoms with Crippen LogP contribution in [-0.4, -0.2) is 0 Å². The van der Waals surface area contributed by atoms with E-state index in [1.54, 1.807) is 12.1 Å². The number of rotatable bonds is 2. The number of halogens is 4. The minimum Gasteiger partial charge on any atom is -0.352 e. The van der Waals surface area contributed by atoms with Gasteiger partial charge in [-0.15, -0.1) is 0 Å². The summed E-state index contributed by atoms with van der Waals surface area (Å²) in [6.07, 6.45) is 0. The van der Waals surface area contributed by atoms with Crippen molar-refractivity contribution in [1.82, 2.24) is 0 Å². The van der Waals surface area contributed by atoms with Crippen LogP contribution in [0.1, 0.15) is 5.56 Å². The smallest absolute Gasteiger partial charge is 0.125 e. The Hall–Kier alpha value is -1.28. The van der Waals surface area contributed by atoms with Crippen LogP contribution in [0.5, 0.6) is 0 Å². The lowest BCUT2D eigenvalue weighted by Crippen LogP contribution is -1.96. The molecule has 1 N–H and O–H groups in total. The molecule has 0 aliphatic carbocycles. The summed E-state index contributed by atoms with van der Waals surface area (Å²) < 4.78 is 13.6. The van der Waals surface area contributed by atoms with Crippen molar-refractivity contribution in [3.05, 3.63) is 56.2 Å². The first-order chi connectivity index (χ1) is 9.01. The van der Waals surface area contributed by atoms with Crippen LogP contribution in [0.15, 0.2) is 34.8 Å². The topological polar surface area (TPSA) is 35.8 Å². The highest BCUT2D eigenvalue weighted by Crippen LogP contribution is 2.35. The van der Waals surface area contributed by atoms with Crippen molar-refractivity contribution >= 4 is 50.5 Å². The molecule has 0 fully saturated rings. The molecule has 0 saturated heterocycles. The summed E-state index contributed by atoms with van der Waals surface area (Å²) in [5.41, 5.74) is 1.41. The summed E-state index contributed by atoms with van der Waals surface area (Å²) in [6.45, 7) is 0. The third kappa shape index (κ3) is 3.19. The molecule has 0 amide bonds. The Morgan fingerprint density at radius 3 is 2.58 bits per heavy atom. The first-order valence-corrected chi connectivity index (χ1v) is 6.67. The van der Waals surface area contributed by atoms with Crippen LogP contribution < -0.4 is 5.32 Å². The van der Waals surface area contributed by atoms with E-state index in [1.807, 2.05) is 6.07 Å². The molecule has 2 rings (SSSR count). The SMILES string of the molecule is N#Cc1cc(Cl)ccc1Nc1c(Cl)cc(F)cc1Br. The van der Waals surface area contributed by atoms with Gasteiger partial charge in [0.25, 0.3) is 0 Å². The zero-order valence-corrected chi connectivity index (χ0v) is 12.4. The summed E-state index contributed by atoms with van der Waals surface area (Å²) in [7, 11) is 0. The van der Waals surface area contributed by atoms with E-state index in [0.717, 1.165) is 0 Å². The maximum Gasteiger partial charge on any atom is 0.125 e. The van der Waals surface area contributed by atoms with Crippen molar-refractivity contribution in [2.24, 2.45) is 0 Å². The third-order valence-corrected chi connectivity index (χ3v) is 3.53. The predicted molar refractivity (Wildman–Crippen MR) is 78.6 cm³/mol. The second-order valence-corrected chi connectivity index (χ2v) is 5.37. The normalized spacial score (nSPS) is 10.1. The van der Waals surface area contributed by atoms with E-state index in [2.05, 4.69) is 21.2 Å². The Morgan fingerprint density at radius 1 is 1.21 bits per heavy atom. The molecule has 0 aromatic heterocycles. The third-order valence-electron chi connectivity index (χ3n) is 2.37. The molecule has 0 bridgehead atoms. The van der Waals surface area contributed by atoms with E-state index in [1.165, 1.54) is 18.2 Å². The quantitative estimate of drug-likeness (QED) is 0.767. The highest BCUT2D eigenvalue weighted by molar-refractivity contribution is 9.10. The van der Waals surface area contributed by atoms with Crippen LogP contribution >= 0.6 is 39.1 Å². The maximum atomic E-state index is 13.1. The van der Waals surface area contributed by atoms with Gasteiger partial charge in [-0.1, -0.05) is 23.2 Å². The maximum absolute atomic E-state index is 13.1. The van der Waals surface area contributed by atoms with Crippen molar-refractivity contribution in [3.63, 3.8) is 0 Å². The van der Waals surface area contributed by atoms with Gasteiger partial charge in [-0.05, 0) is 46.3 Å². The van der Waals surface area contributed by atoms with E-state index in [9.17, 15) is 4.39 Å². The van der Waals surface area contributed by atoms with Gasteiger partial charge in [0.1, 0.15) is 11.9 Å². The van der Waals surface area contributed by atoms with Crippen molar-refractivity contribution in [3.8, 4) is 6.07 Å². The van der Waals surface area contributed by atoms with Gasteiger partial charge < -0.3 is 5.32 Å². The molecule has 0 saturated carbocycles. The molecule has 2 nitrogen and oxygen atoms in total. The standard InChI is InChI=1S/C13H6BrCl2FN2/c14-10-4-9(17)5-11(16)13(10)19-12-2-1-8(15)3-7(12)6-18/h1-5,19H. The van der Waals surface area contributed by atoms with Crippen molar-refractivity contribution in [1.29, 1.82) is 5.26 Å². The van der Waals surface area contributed by atoms with Crippen LogP contribution in [0.2, 0.25) is 10.0 Å². The molecule has 2 aromatic carbocycles. The Bertz CT molecular complexity index is 660. The summed E-state index contributed by atoms with van der Waals surface area (Å²) in [5.74, 6) is -0.445. The van der Waals surface area contributed by atoms with Crippen LogP contribution in [-0.2, 0) is 0 Å². The fourth-order valence-electron chi connectivity index (χ4n) is 1.51. The lowest BCUT2D eigenvalue weighted by molar-refractivity contribution is 0.627. The molecule has 0 aliphatic rings. The Morgan fingerprint density at radius 2 is 1.95 bits per heavy atom. The van der Waals surface area contributed by atoms with Gasteiger partial charge in [-0.25, -0.2) is 4.39 Å². The Kier molecular flexibility index (Phi) is 4.31. The zero-order valence-electron chi connectivity index (χ0n) is 9.35. The molecule has 0 spiro atoms. The minimum absolute atomic E-state index is 0.214. The minimum atomic E-state index is -0.445. The van der Waals surface area contributed by atoms with Gasteiger partial charge in [-0.3, -0.25) is 0 Å². The Balaban J connectivity index is 2.45. The van der Waals surface area contributed by atoms with E-state index in [-0.39, 0.29) is 5.02 Å². The van der Waals surface area contributed by atoms with Crippen molar-refractivity contribution < 1.29 is 4.39 Å². The summed E-state index contributed by atoms with van der Waals surface area (Å²) in [5, 5.41) is 12.7. The van der Waals surface area contributed by atoms with Gasteiger partial charge in [0.05, 0.1) is 22.0 Å². The second kappa shape index (κ2) is 5.79. The zero-order chi connectivity index (χ0) is 14.0. The average molecular weight is 360 g/mol. The molecular weight excluding hydrogens is 354 g/mol. The number of benzene rings is 2. The van der Waals surface area contributed by atoms with Gasteiger partial charge in [-0.2, -0.15) is 5.26 Å². The molecule has 0 unspecified atom stereocenters. The van der Waals surface area contributed by atoms with E-state index < -0.39 is 5.82 Å². The number of nitrogens with zero attached hydrogens (tertiary/aromatic N) is 1. The lowest BCUT2D eigenvalue weighted by Gasteiger charge is -2.12. The van der Waals surface area contributed by atoms with E-state index in [4.69, 9.17) is 28.5 Å². The first kappa shape index (κ1) is 14.1. The van der Waals surface area contributed by atoms with Gasteiger partial charge in [0.2, 0.25) is 0 Å². The molecule has 96 valence electrons. The average Bonchev–Trinajstić information content (AvgIpc) is 2.35. The number of anilines is 2. The molecule has 2 aromatic rings. The van der Waals surface area contributed by atoms with E-state index in [0.29, 0.717) is 26.4 Å². The summed E-state index contributed by atoms with van der Waals surface area (Å²) in [6, 6.07) is 9.35. The first-order valence-electron chi connectivity index (χ1n) is 5.12. The number of nitriles is 1. The predicted octanol–water partition coefficient (Wildman–Crippen LogP) is 5.51. The highest BCUT2D eigenvalue weighted by Gasteiger charge is 2.10. The van der Waals surface area contributed by atoms with Crippen molar-refractivity contribution in [2.45, 2.75) is 0 Å². The summed E-state index contributed by atoms with van der Waals surface area (Å²) in [4.78, 5) is 0. The molecule has 0 atom stereocenters. The van der Waals surface area contributed by atoms with Crippen LogP contribution in [0, 0.1) is 17.1 Å². The fourth-order valence-corrected chi connectivity index (χ4v) is 2.59. The number of nitrogens with one attached hydrogen (secondary N) is 1. The van der Waals surface area contributed by atoms with E-state index >= 15 is 0 Å². The highest BCUT2D eigenvalue weighted by atomic mass is 79.9. The molecule has 19 heavy (non-hydrogen) atoms. The summed E-state index contributed by atoms with van der Waals surface area (Å²) >= 11 is 15.0. The lowest BCUT2D eigenvalue weighted by atomic mass is 10.2. The molecule has 6 heteroatoms. The molecule has 0 heterocycles. The van der Waals surface area contributed by atoms with Crippen LogP contribution in [0.3, 0.4) is 0 Å². The van der Waals surface area contributed by atoms with Crippen LogP contribution in [0.25, 0.3) is 0 Å². The monoisotopic (exact) mass is 358 g/mol. The second-order valence-electron chi connectivity index (χ2n) is 3.67. The largest absolute Gasteiger partial charge is 0.352 e. The Labute approximate surface area is 127 Å². The molecule has 0 aliphatic heterocycles. The molecule has 0 radical (unpaired) electrons. The number of hydrogen-bond donors (Lipinski definition) is 1. The molecular formula is C13H6BrCl2FN2. The van der Waals surface area contributed by atoms with Crippen molar-refractivity contribution in [2.75, 3.05) is 5.32 Å². The number of hydrogen-bond acceptors (Lipinski definition) is 2. The fraction of sp³-hybridized carbons (Fsp3) is 0. The van der Waals surface area contributed by atoms with Gasteiger partial charge in [0.15, 0.2) is 0 Å². The van der Waals surface area contributed by atoms with Gasteiger partial charge in [0, 0.05) is 9.50 Å².